The molecular formula is C10H17F2NO3. The Morgan fingerprint density at radius 2 is 2.06 bits per heavy atom. The van der Waals surface area contributed by atoms with Crippen molar-refractivity contribution in [1.82, 2.24) is 5.48 Å². The van der Waals surface area contributed by atoms with Crippen LogP contribution in [-0.4, -0.2) is 31.7 Å². The summed E-state index contributed by atoms with van der Waals surface area (Å²) >= 11 is 0. The van der Waals surface area contributed by atoms with E-state index < -0.39 is 13.0 Å². The van der Waals surface area contributed by atoms with E-state index in [4.69, 9.17) is 4.84 Å². The third kappa shape index (κ3) is 5.97. The van der Waals surface area contributed by atoms with E-state index in [1.54, 1.807) is 0 Å². The monoisotopic (exact) mass is 237 g/mol. The molecule has 0 saturated heterocycles. The fourth-order valence-electron chi connectivity index (χ4n) is 1.54. The number of halogens is 2. The molecule has 0 spiro atoms. The standard InChI is InChI=1S/C10H17F2NO3/c11-9(12)7-15-6-5-10(14)13-16-8-3-1-2-4-8/h8-9H,1-7H2,(H,13,14). The molecule has 1 saturated carbocycles. The van der Waals surface area contributed by atoms with Crippen LogP contribution in [-0.2, 0) is 14.4 Å². The lowest BCUT2D eigenvalue weighted by molar-refractivity contribution is -0.139. The van der Waals surface area contributed by atoms with Crippen molar-refractivity contribution in [1.29, 1.82) is 0 Å². The number of carbonyl (C=O) groups is 1. The van der Waals surface area contributed by atoms with Gasteiger partial charge in [0.15, 0.2) is 0 Å². The summed E-state index contributed by atoms with van der Waals surface area (Å²) in [5.41, 5.74) is 2.31. The van der Waals surface area contributed by atoms with Gasteiger partial charge < -0.3 is 4.74 Å². The smallest absolute Gasteiger partial charge is 0.261 e. The maximum absolute atomic E-state index is 11.7. The van der Waals surface area contributed by atoms with Gasteiger partial charge in [-0.15, -0.1) is 0 Å². The van der Waals surface area contributed by atoms with Crippen molar-refractivity contribution in [2.24, 2.45) is 0 Å². The highest BCUT2D eigenvalue weighted by molar-refractivity contribution is 5.74. The molecule has 94 valence electrons. The van der Waals surface area contributed by atoms with Crippen molar-refractivity contribution in [3.05, 3.63) is 0 Å². The van der Waals surface area contributed by atoms with E-state index in [0.717, 1.165) is 25.7 Å². The Labute approximate surface area is 93.2 Å². The minimum atomic E-state index is -2.49. The van der Waals surface area contributed by atoms with Crippen LogP contribution in [0.4, 0.5) is 8.78 Å². The molecule has 0 aromatic carbocycles. The Bertz CT molecular complexity index is 208. The van der Waals surface area contributed by atoms with E-state index in [9.17, 15) is 13.6 Å². The highest BCUT2D eigenvalue weighted by Gasteiger charge is 2.16. The van der Waals surface area contributed by atoms with Crippen molar-refractivity contribution in [2.75, 3.05) is 13.2 Å². The molecule has 0 aromatic heterocycles. The third-order valence-electron chi connectivity index (χ3n) is 2.36. The quantitative estimate of drug-likeness (QED) is 0.541. The maximum atomic E-state index is 11.7. The molecule has 16 heavy (non-hydrogen) atoms. The zero-order valence-electron chi connectivity index (χ0n) is 9.09. The first-order valence-electron chi connectivity index (χ1n) is 5.49. The van der Waals surface area contributed by atoms with Crippen LogP contribution in [0.3, 0.4) is 0 Å². The van der Waals surface area contributed by atoms with E-state index in [0.29, 0.717) is 0 Å². The zero-order valence-corrected chi connectivity index (χ0v) is 9.09. The second kappa shape index (κ2) is 7.51. The highest BCUT2D eigenvalue weighted by Crippen LogP contribution is 2.19. The van der Waals surface area contributed by atoms with Crippen LogP contribution in [0.15, 0.2) is 0 Å². The summed E-state index contributed by atoms with van der Waals surface area (Å²) in [4.78, 5) is 16.3. The topological polar surface area (TPSA) is 47.6 Å². The summed E-state index contributed by atoms with van der Waals surface area (Å²) in [6.45, 7) is -0.638. The summed E-state index contributed by atoms with van der Waals surface area (Å²) < 4.78 is 27.9. The Kier molecular flexibility index (Phi) is 6.25. The van der Waals surface area contributed by atoms with E-state index in [1.165, 1.54) is 0 Å². The summed E-state index contributed by atoms with van der Waals surface area (Å²) in [7, 11) is 0. The van der Waals surface area contributed by atoms with E-state index >= 15 is 0 Å². The molecule has 1 amide bonds. The lowest BCUT2D eigenvalue weighted by atomic mass is 10.3. The van der Waals surface area contributed by atoms with Gasteiger partial charge in [-0.1, -0.05) is 12.8 Å². The SMILES string of the molecule is O=C(CCOCC(F)F)NOC1CCCC1. The van der Waals surface area contributed by atoms with Gasteiger partial charge in [0.2, 0.25) is 5.91 Å². The van der Waals surface area contributed by atoms with Gasteiger partial charge in [-0.25, -0.2) is 14.3 Å². The molecule has 0 aliphatic heterocycles. The number of alkyl halides is 2. The molecule has 0 aromatic rings. The molecule has 1 fully saturated rings. The van der Waals surface area contributed by atoms with Gasteiger partial charge in [0.25, 0.3) is 6.43 Å². The molecular weight excluding hydrogens is 220 g/mol. The lowest BCUT2D eigenvalue weighted by Gasteiger charge is -2.11. The zero-order chi connectivity index (χ0) is 11.8. The van der Waals surface area contributed by atoms with Crippen LogP contribution in [0.25, 0.3) is 0 Å². The first-order valence-corrected chi connectivity index (χ1v) is 5.49. The average Bonchev–Trinajstić information content (AvgIpc) is 2.74. The fraction of sp³-hybridized carbons (Fsp3) is 0.900. The first kappa shape index (κ1) is 13.3. The summed E-state index contributed by atoms with van der Waals surface area (Å²) in [5.74, 6) is -0.332. The normalized spacial score (nSPS) is 16.9. The van der Waals surface area contributed by atoms with E-state index in [-0.39, 0.29) is 25.0 Å². The number of hydrogen-bond donors (Lipinski definition) is 1. The van der Waals surface area contributed by atoms with E-state index in [2.05, 4.69) is 10.2 Å². The molecule has 0 atom stereocenters. The highest BCUT2D eigenvalue weighted by atomic mass is 19.3. The number of ether oxygens (including phenoxy) is 1. The molecule has 1 aliphatic rings. The minimum absolute atomic E-state index is 0.00972. The number of carbonyl (C=O) groups excluding carboxylic acids is 1. The molecule has 1 aliphatic carbocycles. The van der Waals surface area contributed by atoms with Gasteiger partial charge in [0.1, 0.15) is 6.61 Å². The Morgan fingerprint density at radius 1 is 1.38 bits per heavy atom. The van der Waals surface area contributed by atoms with Crippen molar-refractivity contribution < 1.29 is 23.1 Å². The van der Waals surface area contributed by atoms with Gasteiger partial charge in [-0.3, -0.25) is 9.63 Å². The summed E-state index contributed by atoms with van der Waals surface area (Å²) in [6, 6.07) is 0. The van der Waals surface area contributed by atoms with Crippen molar-refractivity contribution >= 4 is 5.91 Å². The predicted octanol–water partition coefficient (Wildman–Crippen LogP) is 1.65. The second-order valence-corrected chi connectivity index (χ2v) is 3.77. The van der Waals surface area contributed by atoms with Crippen LogP contribution in [0.2, 0.25) is 0 Å². The summed E-state index contributed by atoms with van der Waals surface area (Å²) in [5, 5.41) is 0. The molecule has 1 N–H and O–H groups in total. The molecule has 0 bridgehead atoms. The van der Waals surface area contributed by atoms with E-state index in [1.807, 2.05) is 0 Å². The van der Waals surface area contributed by atoms with Crippen molar-refractivity contribution in [3.63, 3.8) is 0 Å². The molecule has 4 nitrogen and oxygen atoms in total. The van der Waals surface area contributed by atoms with Gasteiger partial charge in [0.05, 0.1) is 19.1 Å². The van der Waals surface area contributed by atoms with Crippen LogP contribution in [0.1, 0.15) is 32.1 Å². The maximum Gasteiger partial charge on any atom is 0.261 e. The molecule has 0 radical (unpaired) electrons. The second-order valence-electron chi connectivity index (χ2n) is 3.77. The number of amides is 1. The van der Waals surface area contributed by atoms with Crippen LogP contribution >= 0.6 is 0 Å². The van der Waals surface area contributed by atoms with Gasteiger partial charge in [-0.2, -0.15) is 0 Å². The third-order valence-corrected chi connectivity index (χ3v) is 2.36. The van der Waals surface area contributed by atoms with Crippen LogP contribution in [0.5, 0.6) is 0 Å². The summed E-state index contributed by atoms with van der Waals surface area (Å²) in [6.07, 6.45) is 1.82. The number of nitrogens with one attached hydrogen (secondary N) is 1. The van der Waals surface area contributed by atoms with Crippen molar-refractivity contribution in [2.45, 2.75) is 44.6 Å². The number of rotatable bonds is 7. The lowest BCUT2D eigenvalue weighted by Crippen LogP contribution is -2.29. The fourth-order valence-corrected chi connectivity index (χ4v) is 1.54. The largest absolute Gasteiger partial charge is 0.375 e. The van der Waals surface area contributed by atoms with Gasteiger partial charge in [-0.05, 0) is 12.8 Å². The Hall–Kier alpha value is -0.750. The minimum Gasteiger partial charge on any atom is -0.375 e. The molecule has 0 heterocycles. The van der Waals surface area contributed by atoms with Crippen LogP contribution < -0.4 is 5.48 Å². The molecule has 6 heteroatoms. The Morgan fingerprint density at radius 3 is 2.69 bits per heavy atom. The van der Waals surface area contributed by atoms with Gasteiger partial charge in [0, 0.05) is 0 Å². The molecule has 0 unspecified atom stereocenters. The number of hydrogen-bond acceptors (Lipinski definition) is 3. The van der Waals surface area contributed by atoms with Gasteiger partial charge >= 0.3 is 0 Å². The first-order chi connectivity index (χ1) is 7.68. The average molecular weight is 237 g/mol. The Balaban J connectivity index is 1.94. The van der Waals surface area contributed by atoms with Crippen LogP contribution in [0, 0.1) is 0 Å². The van der Waals surface area contributed by atoms with Crippen molar-refractivity contribution in [3.8, 4) is 0 Å². The predicted molar refractivity (Wildman–Crippen MR) is 52.9 cm³/mol. The molecule has 1 rings (SSSR count). The number of hydroxylamine groups is 1.